The molecule has 3 rings (SSSR count). The summed E-state index contributed by atoms with van der Waals surface area (Å²) in [5.74, 6) is -0.00544. The molecule has 0 aliphatic rings. The lowest BCUT2D eigenvalue weighted by atomic mass is 10.2. The van der Waals surface area contributed by atoms with Crippen LogP contribution < -0.4 is 10.6 Å². The first-order chi connectivity index (χ1) is 12.2. The van der Waals surface area contributed by atoms with E-state index < -0.39 is 5.91 Å². The summed E-state index contributed by atoms with van der Waals surface area (Å²) in [7, 11) is 0. The van der Waals surface area contributed by atoms with Crippen LogP contribution in [0.4, 0.5) is 17.2 Å². The molecule has 0 spiro atoms. The average molecular weight is 350 g/mol. The third kappa shape index (κ3) is 3.91. The summed E-state index contributed by atoms with van der Waals surface area (Å²) in [6.07, 6.45) is 1.28. The monoisotopic (exact) mass is 349 g/mol. The van der Waals surface area contributed by atoms with Crippen LogP contribution in [0.5, 0.6) is 0 Å². The number of aromatic nitrogens is 2. The highest BCUT2D eigenvalue weighted by Crippen LogP contribution is 2.24. The molecule has 0 aliphatic heterocycles. The second kappa shape index (κ2) is 7.43. The predicted molar refractivity (Wildman–Crippen MR) is 95.9 cm³/mol. The van der Waals surface area contributed by atoms with Gasteiger partial charge in [0.15, 0.2) is 0 Å². The molecule has 0 saturated heterocycles. The summed E-state index contributed by atoms with van der Waals surface area (Å²) in [5.41, 5.74) is 1.63. The number of nitrogens with zero attached hydrogens (tertiary/aromatic N) is 3. The maximum absolute atomic E-state index is 12.4. The number of benzene rings is 2. The van der Waals surface area contributed by atoms with E-state index in [1.165, 1.54) is 12.4 Å². The number of hydrogen-bond acceptors (Lipinski definition) is 5. The Kier molecular flexibility index (Phi) is 4.88. The zero-order chi connectivity index (χ0) is 17.6. The van der Waals surface area contributed by atoms with E-state index in [1.807, 2.05) is 18.2 Å². The van der Waals surface area contributed by atoms with Gasteiger partial charge < -0.3 is 10.6 Å². The van der Waals surface area contributed by atoms with E-state index in [2.05, 4.69) is 20.6 Å². The first-order valence-electron chi connectivity index (χ1n) is 7.31. The molecule has 25 heavy (non-hydrogen) atoms. The number of amides is 1. The van der Waals surface area contributed by atoms with Gasteiger partial charge in [0.25, 0.3) is 5.91 Å². The van der Waals surface area contributed by atoms with Gasteiger partial charge >= 0.3 is 0 Å². The Labute approximate surface area is 149 Å². The van der Waals surface area contributed by atoms with Crippen molar-refractivity contribution in [3.8, 4) is 6.07 Å². The molecule has 0 radical (unpaired) electrons. The largest absolute Gasteiger partial charge is 0.339 e. The molecule has 0 bridgehead atoms. The fourth-order valence-electron chi connectivity index (χ4n) is 2.13. The van der Waals surface area contributed by atoms with Gasteiger partial charge in [-0.3, -0.25) is 4.79 Å². The maximum Gasteiger partial charge on any atom is 0.274 e. The van der Waals surface area contributed by atoms with Gasteiger partial charge in [0, 0.05) is 6.07 Å². The molecule has 122 valence electrons. The van der Waals surface area contributed by atoms with Crippen molar-refractivity contribution in [2.24, 2.45) is 0 Å². The highest BCUT2D eigenvalue weighted by molar-refractivity contribution is 6.33. The number of anilines is 3. The summed E-state index contributed by atoms with van der Waals surface area (Å²) in [4.78, 5) is 20.5. The van der Waals surface area contributed by atoms with Crippen LogP contribution in [-0.2, 0) is 0 Å². The number of hydrogen-bond donors (Lipinski definition) is 2. The zero-order valence-electron chi connectivity index (χ0n) is 12.9. The van der Waals surface area contributed by atoms with Gasteiger partial charge in [0.1, 0.15) is 23.9 Å². The van der Waals surface area contributed by atoms with E-state index in [9.17, 15) is 4.79 Å². The summed E-state index contributed by atoms with van der Waals surface area (Å²) in [6.45, 7) is 0. The molecule has 7 heteroatoms. The SMILES string of the molecule is N#Cc1ccccc1NC(=O)c1cc(Nc2ccccc2Cl)ncn1. The molecular weight excluding hydrogens is 338 g/mol. The lowest BCUT2D eigenvalue weighted by Crippen LogP contribution is -2.15. The average Bonchev–Trinajstić information content (AvgIpc) is 2.64. The predicted octanol–water partition coefficient (Wildman–Crippen LogP) is 4.00. The van der Waals surface area contributed by atoms with Gasteiger partial charge in [0.2, 0.25) is 0 Å². The molecular formula is C18H12ClN5O. The third-order valence-corrected chi connectivity index (χ3v) is 3.66. The number of nitrogens with one attached hydrogen (secondary N) is 2. The van der Waals surface area contributed by atoms with Crippen molar-refractivity contribution in [2.75, 3.05) is 10.6 Å². The summed E-state index contributed by atoms with van der Waals surface area (Å²) in [6, 6.07) is 17.5. The molecule has 0 atom stereocenters. The van der Waals surface area contributed by atoms with Crippen molar-refractivity contribution in [1.29, 1.82) is 5.26 Å². The molecule has 2 N–H and O–H groups in total. The number of para-hydroxylation sites is 2. The Morgan fingerprint density at radius 1 is 1.04 bits per heavy atom. The Bertz CT molecular complexity index is 967. The third-order valence-electron chi connectivity index (χ3n) is 3.33. The Hall–Kier alpha value is -3.43. The normalized spacial score (nSPS) is 9.92. The molecule has 1 aromatic heterocycles. The Morgan fingerprint density at radius 2 is 1.76 bits per heavy atom. The molecule has 0 saturated carbocycles. The molecule has 0 fully saturated rings. The fourth-order valence-corrected chi connectivity index (χ4v) is 2.31. The number of halogens is 1. The van der Waals surface area contributed by atoms with Crippen molar-refractivity contribution < 1.29 is 4.79 Å². The van der Waals surface area contributed by atoms with Gasteiger partial charge in [0.05, 0.1) is 22.0 Å². The number of carbonyl (C=O) groups excluding carboxylic acids is 1. The first-order valence-corrected chi connectivity index (χ1v) is 7.69. The van der Waals surface area contributed by atoms with Crippen molar-refractivity contribution in [1.82, 2.24) is 9.97 Å². The number of rotatable bonds is 4. The minimum atomic E-state index is -0.438. The van der Waals surface area contributed by atoms with Crippen LogP contribution in [0.3, 0.4) is 0 Å². The molecule has 3 aromatic rings. The van der Waals surface area contributed by atoms with Crippen molar-refractivity contribution in [3.63, 3.8) is 0 Å². The second-order valence-corrected chi connectivity index (χ2v) is 5.41. The minimum Gasteiger partial charge on any atom is -0.339 e. The van der Waals surface area contributed by atoms with Crippen LogP contribution in [-0.4, -0.2) is 15.9 Å². The fraction of sp³-hybridized carbons (Fsp3) is 0. The summed E-state index contributed by atoms with van der Waals surface area (Å²) < 4.78 is 0. The van der Waals surface area contributed by atoms with E-state index >= 15 is 0 Å². The molecule has 1 heterocycles. The van der Waals surface area contributed by atoms with Crippen LogP contribution in [0.1, 0.15) is 16.1 Å². The topological polar surface area (TPSA) is 90.7 Å². The summed E-state index contributed by atoms with van der Waals surface area (Å²) in [5, 5.41) is 15.3. The Balaban J connectivity index is 1.80. The molecule has 2 aromatic carbocycles. The van der Waals surface area contributed by atoms with Gasteiger partial charge in [-0.2, -0.15) is 5.26 Å². The number of carbonyl (C=O) groups is 1. The lowest BCUT2D eigenvalue weighted by Gasteiger charge is -2.09. The lowest BCUT2D eigenvalue weighted by molar-refractivity contribution is 0.102. The number of nitriles is 1. The smallest absolute Gasteiger partial charge is 0.274 e. The van der Waals surface area contributed by atoms with Gasteiger partial charge in [-0.1, -0.05) is 35.9 Å². The van der Waals surface area contributed by atoms with Crippen LogP contribution in [0.2, 0.25) is 5.02 Å². The van der Waals surface area contributed by atoms with Gasteiger partial charge in [-0.05, 0) is 24.3 Å². The standard InChI is InChI=1S/C18H12ClN5O/c19-13-6-2-4-8-15(13)23-17-9-16(21-11-22-17)18(25)24-14-7-3-1-5-12(14)10-20/h1-9,11H,(H,24,25)(H,21,22,23). The van der Waals surface area contributed by atoms with E-state index in [-0.39, 0.29) is 5.69 Å². The molecule has 0 unspecified atom stereocenters. The van der Waals surface area contributed by atoms with E-state index in [0.717, 1.165) is 0 Å². The van der Waals surface area contributed by atoms with Crippen LogP contribution in [0.15, 0.2) is 60.9 Å². The molecule has 1 amide bonds. The van der Waals surface area contributed by atoms with Gasteiger partial charge in [-0.25, -0.2) is 9.97 Å². The van der Waals surface area contributed by atoms with E-state index in [1.54, 1.807) is 36.4 Å². The van der Waals surface area contributed by atoms with E-state index in [0.29, 0.717) is 27.8 Å². The van der Waals surface area contributed by atoms with Crippen LogP contribution in [0.25, 0.3) is 0 Å². The highest BCUT2D eigenvalue weighted by Gasteiger charge is 2.12. The molecule has 6 nitrogen and oxygen atoms in total. The molecule has 0 aliphatic carbocycles. The van der Waals surface area contributed by atoms with Crippen LogP contribution in [0, 0.1) is 11.3 Å². The quantitative estimate of drug-likeness (QED) is 0.743. The van der Waals surface area contributed by atoms with E-state index in [4.69, 9.17) is 16.9 Å². The zero-order valence-corrected chi connectivity index (χ0v) is 13.7. The van der Waals surface area contributed by atoms with Crippen molar-refractivity contribution in [2.45, 2.75) is 0 Å². The summed E-state index contributed by atoms with van der Waals surface area (Å²) >= 11 is 6.10. The van der Waals surface area contributed by atoms with Gasteiger partial charge in [-0.15, -0.1) is 0 Å². The van der Waals surface area contributed by atoms with Crippen molar-refractivity contribution in [3.05, 3.63) is 77.2 Å². The Morgan fingerprint density at radius 3 is 2.52 bits per heavy atom. The maximum atomic E-state index is 12.4. The highest BCUT2D eigenvalue weighted by atomic mass is 35.5. The first kappa shape index (κ1) is 16.4. The minimum absolute atomic E-state index is 0.164. The second-order valence-electron chi connectivity index (χ2n) is 5.00. The van der Waals surface area contributed by atoms with Crippen LogP contribution >= 0.6 is 11.6 Å². The van der Waals surface area contributed by atoms with Crippen molar-refractivity contribution >= 4 is 34.7 Å².